The van der Waals surface area contributed by atoms with Gasteiger partial charge in [-0.1, -0.05) is 25.1 Å². The van der Waals surface area contributed by atoms with Gasteiger partial charge in [0.05, 0.1) is 11.0 Å². The molecule has 9 heteroatoms. The summed E-state index contributed by atoms with van der Waals surface area (Å²) in [6, 6.07) is 10.8. The van der Waals surface area contributed by atoms with Crippen molar-refractivity contribution in [3.05, 3.63) is 59.2 Å². The van der Waals surface area contributed by atoms with E-state index in [0.717, 1.165) is 27.4 Å². The van der Waals surface area contributed by atoms with Crippen LogP contribution in [0.4, 0.5) is 5.69 Å². The summed E-state index contributed by atoms with van der Waals surface area (Å²) < 4.78 is 32.7. The van der Waals surface area contributed by atoms with Gasteiger partial charge in [-0.25, -0.2) is 8.42 Å². The maximum absolute atomic E-state index is 13.2. The van der Waals surface area contributed by atoms with Crippen LogP contribution >= 0.6 is 0 Å². The van der Waals surface area contributed by atoms with Crippen LogP contribution in [0.3, 0.4) is 0 Å². The Kier molecular flexibility index (Phi) is 7.56. The molecule has 3 rings (SSSR count). The molecule has 2 N–H and O–H groups in total. The summed E-state index contributed by atoms with van der Waals surface area (Å²) in [5.41, 5.74) is 3.43. The number of aliphatic hydroxyl groups excluding tert-OH is 1. The summed E-state index contributed by atoms with van der Waals surface area (Å²) in [6.45, 7) is 6.89. The summed E-state index contributed by atoms with van der Waals surface area (Å²) in [7, 11) is -4.04. The minimum Gasteiger partial charge on any atom is -0.451 e. The molecule has 2 aromatic carbocycles. The highest BCUT2D eigenvalue weighted by Crippen LogP contribution is 2.28. The normalized spacial score (nSPS) is 19.8. The fourth-order valence-electron chi connectivity index (χ4n) is 3.65. The molecule has 8 nitrogen and oxygen atoms in total. The second-order valence-electron chi connectivity index (χ2n) is 8.34. The molecule has 33 heavy (non-hydrogen) atoms. The zero-order valence-corrected chi connectivity index (χ0v) is 20.1. The number of aliphatic hydroxyl groups is 1. The molecule has 1 fully saturated rings. The molecular formula is C24H30N2O6S. The Morgan fingerprint density at radius 3 is 2.42 bits per heavy atom. The van der Waals surface area contributed by atoms with Crippen LogP contribution < -0.4 is 5.32 Å². The quantitative estimate of drug-likeness (QED) is 0.597. The Bertz CT molecular complexity index is 1130. The fraction of sp³-hybridized carbons (Fsp3) is 0.417. The number of carbonyl (C=O) groups excluding carboxylic acids is 2. The standard InChI is InChI=1S/C24H30N2O6S/c1-5-18-7-9-19(10-8-18)25-23(28)17(4)32-24(29)22-13-20(27)14-26(22)33(30,31)21-11-6-15(2)16(3)12-21/h6-12,17,20,22,27H,5,13-14H2,1-4H3,(H,25,28)/t17?,20?,22-/m0/s1. The second kappa shape index (κ2) is 10.0. The van der Waals surface area contributed by atoms with Crippen molar-refractivity contribution in [1.29, 1.82) is 0 Å². The zero-order valence-electron chi connectivity index (χ0n) is 19.2. The van der Waals surface area contributed by atoms with Gasteiger partial charge in [0.25, 0.3) is 5.91 Å². The van der Waals surface area contributed by atoms with Crippen molar-refractivity contribution < 1.29 is 27.9 Å². The summed E-state index contributed by atoms with van der Waals surface area (Å²) in [5, 5.41) is 12.8. The highest BCUT2D eigenvalue weighted by atomic mass is 32.2. The van der Waals surface area contributed by atoms with Gasteiger partial charge < -0.3 is 15.2 Å². The highest BCUT2D eigenvalue weighted by molar-refractivity contribution is 7.89. The number of rotatable bonds is 7. The van der Waals surface area contributed by atoms with Crippen molar-refractivity contribution >= 4 is 27.6 Å². The van der Waals surface area contributed by atoms with E-state index in [4.69, 9.17) is 4.74 Å². The molecule has 3 atom stereocenters. The van der Waals surface area contributed by atoms with Crippen LogP contribution in [-0.2, 0) is 30.8 Å². The molecule has 0 aliphatic carbocycles. The molecule has 178 valence electrons. The van der Waals surface area contributed by atoms with Crippen molar-refractivity contribution in [2.45, 2.75) is 63.7 Å². The first-order chi connectivity index (χ1) is 15.5. The number of benzene rings is 2. The molecule has 0 saturated carbocycles. The van der Waals surface area contributed by atoms with Gasteiger partial charge in [0.2, 0.25) is 10.0 Å². The average Bonchev–Trinajstić information content (AvgIpc) is 3.18. The molecule has 0 aromatic heterocycles. The van der Waals surface area contributed by atoms with Crippen molar-refractivity contribution in [3.8, 4) is 0 Å². The first-order valence-electron chi connectivity index (χ1n) is 10.9. The lowest BCUT2D eigenvalue weighted by molar-refractivity contribution is -0.156. The van der Waals surface area contributed by atoms with E-state index in [-0.39, 0.29) is 17.9 Å². The number of esters is 1. The largest absolute Gasteiger partial charge is 0.451 e. The van der Waals surface area contributed by atoms with E-state index < -0.39 is 40.1 Å². The van der Waals surface area contributed by atoms with E-state index in [9.17, 15) is 23.1 Å². The fourth-order valence-corrected chi connectivity index (χ4v) is 5.36. The molecule has 1 heterocycles. The Labute approximate surface area is 194 Å². The lowest BCUT2D eigenvalue weighted by Gasteiger charge is -2.24. The number of nitrogens with zero attached hydrogens (tertiary/aromatic N) is 1. The van der Waals surface area contributed by atoms with Crippen LogP contribution in [0.25, 0.3) is 0 Å². The maximum atomic E-state index is 13.2. The number of hydrogen-bond donors (Lipinski definition) is 2. The molecule has 1 aliphatic rings. The van der Waals surface area contributed by atoms with Crippen LogP contribution in [0, 0.1) is 13.8 Å². The molecule has 1 aliphatic heterocycles. The first-order valence-corrected chi connectivity index (χ1v) is 12.3. The third-order valence-electron chi connectivity index (χ3n) is 5.88. The minimum atomic E-state index is -4.04. The van der Waals surface area contributed by atoms with Crippen molar-refractivity contribution in [2.24, 2.45) is 0 Å². The van der Waals surface area contributed by atoms with E-state index in [1.807, 2.05) is 26.0 Å². The summed E-state index contributed by atoms with van der Waals surface area (Å²) in [5.74, 6) is -1.40. The van der Waals surface area contributed by atoms with Crippen molar-refractivity contribution in [1.82, 2.24) is 4.31 Å². The van der Waals surface area contributed by atoms with Crippen LogP contribution in [-0.4, -0.2) is 54.5 Å². The summed E-state index contributed by atoms with van der Waals surface area (Å²) in [6.07, 6.45) is -1.38. The van der Waals surface area contributed by atoms with Crippen LogP contribution in [0.15, 0.2) is 47.4 Å². The van der Waals surface area contributed by atoms with E-state index in [1.165, 1.54) is 19.1 Å². The number of nitrogens with one attached hydrogen (secondary N) is 1. The molecular weight excluding hydrogens is 444 g/mol. The third-order valence-corrected chi connectivity index (χ3v) is 7.75. The Hall–Kier alpha value is -2.75. The predicted octanol–water partition coefficient (Wildman–Crippen LogP) is 2.56. The second-order valence-corrected chi connectivity index (χ2v) is 10.2. The van der Waals surface area contributed by atoms with Gasteiger partial charge in [0.15, 0.2) is 6.10 Å². The lowest BCUT2D eigenvalue weighted by Crippen LogP contribution is -2.43. The number of ether oxygens (including phenoxy) is 1. The van der Waals surface area contributed by atoms with E-state index in [2.05, 4.69) is 5.32 Å². The number of β-amino-alcohol motifs (C(OH)–C–C–N with tert-alkyl or cyclic N) is 1. The number of sulfonamides is 1. The van der Waals surface area contributed by atoms with E-state index in [0.29, 0.717) is 5.69 Å². The van der Waals surface area contributed by atoms with Crippen LogP contribution in [0.2, 0.25) is 0 Å². The minimum absolute atomic E-state index is 0.0406. The lowest BCUT2D eigenvalue weighted by atomic mass is 10.1. The zero-order chi connectivity index (χ0) is 24.3. The predicted molar refractivity (Wildman–Crippen MR) is 124 cm³/mol. The Balaban J connectivity index is 1.71. The molecule has 2 aromatic rings. The van der Waals surface area contributed by atoms with Gasteiger partial charge in [-0.3, -0.25) is 9.59 Å². The molecule has 0 radical (unpaired) electrons. The Morgan fingerprint density at radius 2 is 1.82 bits per heavy atom. The van der Waals surface area contributed by atoms with Crippen molar-refractivity contribution in [3.63, 3.8) is 0 Å². The number of anilines is 1. The topological polar surface area (TPSA) is 113 Å². The molecule has 1 saturated heterocycles. The van der Waals surface area contributed by atoms with Gasteiger partial charge in [0, 0.05) is 18.7 Å². The number of carbonyl (C=O) groups is 2. The molecule has 0 spiro atoms. The third kappa shape index (κ3) is 5.61. The smallest absolute Gasteiger partial charge is 0.325 e. The molecule has 0 bridgehead atoms. The van der Waals surface area contributed by atoms with Gasteiger partial charge in [0.1, 0.15) is 6.04 Å². The maximum Gasteiger partial charge on any atom is 0.325 e. The summed E-state index contributed by atoms with van der Waals surface area (Å²) >= 11 is 0. The highest BCUT2D eigenvalue weighted by Gasteiger charge is 2.45. The van der Waals surface area contributed by atoms with Gasteiger partial charge in [-0.2, -0.15) is 4.31 Å². The van der Waals surface area contributed by atoms with Gasteiger partial charge in [-0.15, -0.1) is 0 Å². The van der Waals surface area contributed by atoms with Crippen LogP contribution in [0.1, 0.15) is 37.0 Å². The first kappa shape index (κ1) is 24.9. The number of amides is 1. The average molecular weight is 475 g/mol. The van der Waals surface area contributed by atoms with Gasteiger partial charge in [-0.05, 0) is 68.1 Å². The van der Waals surface area contributed by atoms with Gasteiger partial charge >= 0.3 is 5.97 Å². The van der Waals surface area contributed by atoms with E-state index in [1.54, 1.807) is 25.1 Å². The van der Waals surface area contributed by atoms with Crippen LogP contribution in [0.5, 0.6) is 0 Å². The molecule has 2 unspecified atom stereocenters. The summed E-state index contributed by atoms with van der Waals surface area (Å²) in [4.78, 5) is 25.4. The monoisotopic (exact) mass is 474 g/mol. The van der Waals surface area contributed by atoms with E-state index >= 15 is 0 Å². The number of aryl methyl sites for hydroxylation is 3. The van der Waals surface area contributed by atoms with Crippen molar-refractivity contribution in [2.75, 3.05) is 11.9 Å². The SMILES string of the molecule is CCc1ccc(NC(=O)C(C)OC(=O)[C@@H]2CC(O)CN2S(=O)(=O)c2ccc(C)c(C)c2)cc1. The Morgan fingerprint density at radius 1 is 1.15 bits per heavy atom. The number of hydrogen-bond acceptors (Lipinski definition) is 6. The molecule has 1 amide bonds.